The molecule has 0 aromatic heterocycles. The highest BCUT2D eigenvalue weighted by Crippen LogP contribution is 2.10. The highest BCUT2D eigenvalue weighted by atomic mass is 127. The van der Waals surface area contributed by atoms with Gasteiger partial charge in [0.1, 0.15) is 0 Å². The zero-order valence-electron chi connectivity index (χ0n) is 10.3. The Morgan fingerprint density at radius 2 is 1.58 bits per heavy atom. The minimum atomic E-state index is -0.732. The van der Waals surface area contributed by atoms with Crippen molar-refractivity contribution in [3.8, 4) is 0 Å². The predicted molar refractivity (Wildman–Crippen MR) is 79.5 cm³/mol. The summed E-state index contributed by atoms with van der Waals surface area (Å²) in [6.07, 6.45) is 0. The fraction of sp³-hybridized carbons (Fsp3) is 0.250. The Morgan fingerprint density at radius 3 is 2.16 bits per heavy atom. The average molecular weight is 375 g/mol. The zero-order valence-corrected chi connectivity index (χ0v) is 12.5. The Bertz CT molecular complexity index is 474. The van der Waals surface area contributed by atoms with Gasteiger partial charge in [0, 0.05) is 29.3 Å². The minimum Gasteiger partial charge on any atom is -0.355 e. The molecule has 1 aromatic carbocycles. The van der Waals surface area contributed by atoms with E-state index in [1.165, 1.54) is 6.92 Å². The maximum Gasteiger partial charge on any atom is 0.313 e. The highest BCUT2D eigenvalue weighted by Gasteiger charge is 2.12. The summed E-state index contributed by atoms with van der Waals surface area (Å²) >= 11 is 2.14. The van der Waals surface area contributed by atoms with Crippen LogP contribution in [0.3, 0.4) is 0 Å². The maximum atomic E-state index is 11.5. The van der Waals surface area contributed by atoms with Crippen LogP contribution in [0, 0.1) is 3.57 Å². The summed E-state index contributed by atoms with van der Waals surface area (Å²) in [5.74, 6) is -1.65. The summed E-state index contributed by atoms with van der Waals surface area (Å²) in [6.45, 7) is 1.88. The molecule has 0 saturated heterocycles. The van der Waals surface area contributed by atoms with Crippen LogP contribution in [-0.4, -0.2) is 30.8 Å². The second kappa shape index (κ2) is 7.72. The van der Waals surface area contributed by atoms with Crippen molar-refractivity contribution in [2.24, 2.45) is 0 Å². The van der Waals surface area contributed by atoms with Gasteiger partial charge in [-0.2, -0.15) is 0 Å². The number of amides is 3. The first-order chi connectivity index (χ1) is 8.99. The van der Waals surface area contributed by atoms with Crippen molar-refractivity contribution < 1.29 is 14.4 Å². The fourth-order valence-corrected chi connectivity index (χ4v) is 1.58. The summed E-state index contributed by atoms with van der Waals surface area (Å²) in [6, 6.07) is 7.07. The van der Waals surface area contributed by atoms with E-state index in [1.54, 1.807) is 12.1 Å². The van der Waals surface area contributed by atoms with Crippen LogP contribution in [0.15, 0.2) is 24.3 Å². The van der Waals surface area contributed by atoms with Crippen LogP contribution in [0.5, 0.6) is 0 Å². The molecule has 0 bridgehead atoms. The van der Waals surface area contributed by atoms with Crippen molar-refractivity contribution in [3.63, 3.8) is 0 Å². The minimum absolute atomic E-state index is 0.183. The number of rotatable bonds is 4. The van der Waals surface area contributed by atoms with Gasteiger partial charge >= 0.3 is 11.8 Å². The second-order valence-corrected chi connectivity index (χ2v) is 4.95. The topological polar surface area (TPSA) is 87.3 Å². The van der Waals surface area contributed by atoms with Gasteiger partial charge in [-0.3, -0.25) is 14.4 Å². The Kier molecular flexibility index (Phi) is 6.26. The number of nitrogens with one attached hydrogen (secondary N) is 3. The van der Waals surface area contributed by atoms with Gasteiger partial charge in [-0.1, -0.05) is 0 Å². The van der Waals surface area contributed by atoms with Crippen molar-refractivity contribution in [2.45, 2.75) is 6.92 Å². The Labute approximate surface area is 124 Å². The molecule has 0 saturated carbocycles. The molecule has 19 heavy (non-hydrogen) atoms. The van der Waals surface area contributed by atoms with Crippen molar-refractivity contribution in [2.75, 3.05) is 18.4 Å². The molecule has 0 atom stereocenters. The van der Waals surface area contributed by atoms with E-state index in [-0.39, 0.29) is 19.0 Å². The van der Waals surface area contributed by atoms with E-state index < -0.39 is 11.8 Å². The van der Waals surface area contributed by atoms with Crippen LogP contribution >= 0.6 is 22.6 Å². The van der Waals surface area contributed by atoms with E-state index in [1.807, 2.05) is 12.1 Å². The van der Waals surface area contributed by atoms with Gasteiger partial charge in [-0.05, 0) is 46.9 Å². The summed E-state index contributed by atoms with van der Waals surface area (Å²) in [4.78, 5) is 33.5. The highest BCUT2D eigenvalue weighted by molar-refractivity contribution is 14.1. The molecule has 1 aromatic rings. The van der Waals surface area contributed by atoms with E-state index >= 15 is 0 Å². The quantitative estimate of drug-likeness (QED) is 0.407. The van der Waals surface area contributed by atoms with E-state index in [0.29, 0.717) is 5.69 Å². The zero-order chi connectivity index (χ0) is 14.3. The van der Waals surface area contributed by atoms with Gasteiger partial charge in [-0.25, -0.2) is 0 Å². The molecule has 3 amide bonds. The molecular weight excluding hydrogens is 361 g/mol. The van der Waals surface area contributed by atoms with Gasteiger partial charge in [-0.15, -0.1) is 0 Å². The monoisotopic (exact) mass is 375 g/mol. The SMILES string of the molecule is CC(=O)NCCNC(=O)C(=O)Nc1ccc(I)cc1. The number of carbonyl (C=O) groups excluding carboxylic acids is 3. The van der Waals surface area contributed by atoms with Gasteiger partial charge in [0.25, 0.3) is 0 Å². The third kappa shape index (κ3) is 6.18. The lowest BCUT2D eigenvalue weighted by atomic mass is 10.3. The molecule has 0 spiro atoms. The molecule has 0 aliphatic carbocycles. The second-order valence-electron chi connectivity index (χ2n) is 3.70. The molecule has 0 heterocycles. The molecule has 0 aliphatic rings. The van der Waals surface area contributed by atoms with Gasteiger partial charge in [0.05, 0.1) is 0 Å². The van der Waals surface area contributed by atoms with Crippen molar-refractivity contribution in [1.82, 2.24) is 10.6 Å². The summed E-state index contributed by atoms with van der Waals surface area (Å²) < 4.78 is 1.04. The summed E-state index contributed by atoms with van der Waals surface area (Å²) in [7, 11) is 0. The molecule has 0 radical (unpaired) electrons. The molecular formula is C12H14IN3O3. The third-order valence-corrected chi connectivity index (χ3v) is 2.81. The van der Waals surface area contributed by atoms with E-state index in [0.717, 1.165) is 3.57 Å². The number of benzene rings is 1. The van der Waals surface area contributed by atoms with Gasteiger partial charge in [0.15, 0.2) is 0 Å². The van der Waals surface area contributed by atoms with Crippen molar-refractivity contribution >= 4 is 46.0 Å². The van der Waals surface area contributed by atoms with Gasteiger partial charge in [0.2, 0.25) is 5.91 Å². The Balaban J connectivity index is 2.34. The number of hydrogen-bond acceptors (Lipinski definition) is 3. The summed E-state index contributed by atoms with van der Waals surface area (Å²) in [5, 5.41) is 7.39. The smallest absolute Gasteiger partial charge is 0.313 e. The fourth-order valence-electron chi connectivity index (χ4n) is 1.22. The van der Waals surface area contributed by atoms with Crippen molar-refractivity contribution in [1.29, 1.82) is 0 Å². The van der Waals surface area contributed by atoms with E-state index in [4.69, 9.17) is 0 Å². The van der Waals surface area contributed by atoms with E-state index in [9.17, 15) is 14.4 Å². The molecule has 6 nitrogen and oxygen atoms in total. The van der Waals surface area contributed by atoms with E-state index in [2.05, 4.69) is 38.5 Å². The van der Waals surface area contributed by atoms with Crippen molar-refractivity contribution in [3.05, 3.63) is 27.8 Å². The lowest BCUT2D eigenvalue weighted by Crippen LogP contribution is -2.39. The Morgan fingerprint density at radius 1 is 1.00 bits per heavy atom. The molecule has 0 fully saturated rings. The Hall–Kier alpha value is -1.64. The predicted octanol–water partition coefficient (Wildman–Crippen LogP) is 0.482. The van der Waals surface area contributed by atoms with Crippen LogP contribution in [0.2, 0.25) is 0 Å². The third-order valence-electron chi connectivity index (χ3n) is 2.09. The largest absolute Gasteiger partial charge is 0.355 e. The molecule has 0 aliphatic heterocycles. The average Bonchev–Trinajstić information content (AvgIpc) is 2.36. The number of halogens is 1. The van der Waals surface area contributed by atoms with Crippen LogP contribution in [0.1, 0.15) is 6.92 Å². The number of anilines is 1. The number of hydrogen-bond donors (Lipinski definition) is 3. The molecule has 7 heteroatoms. The van der Waals surface area contributed by atoms with Crippen LogP contribution in [0.4, 0.5) is 5.69 Å². The first-order valence-corrected chi connectivity index (χ1v) is 6.66. The first kappa shape index (κ1) is 15.4. The van der Waals surface area contributed by atoms with Gasteiger partial charge < -0.3 is 16.0 Å². The molecule has 1 rings (SSSR count). The lowest BCUT2D eigenvalue weighted by molar-refractivity contribution is -0.136. The summed E-state index contributed by atoms with van der Waals surface area (Å²) in [5.41, 5.74) is 0.558. The van der Waals surface area contributed by atoms with Crippen LogP contribution in [0.25, 0.3) is 0 Å². The lowest BCUT2D eigenvalue weighted by Gasteiger charge is -2.06. The maximum absolute atomic E-state index is 11.5. The molecule has 3 N–H and O–H groups in total. The number of carbonyl (C=O) groups is 3. The van der Waals surface area contributed by atoms with Crippen LogP contribution in [-0.2, 0) is 14.4 Å². The standard InChI is InChI=1S/C12H14IN3O3/c1-8(17)14-6-7-15-11(18)12(19)16-10-4-2-9(13)3-5-10/h2-5H,6-7H2,1H3,(H,14,17)(H,15,18)(H,16,19). The normalized spacial score (nSPS) is 9.58. The molecule has 0 unspecified atom stereocenters. The first-order valence-electron chi connectivity index (χ1n) is 5.58. The van der Waals surface area contributed by atoms with Crippen LogP contribution < -0.4 is 16.0 Å². The molecule has 102 valence electrons.